The van der Waals surface area contributed by atoms with Gasteiger partial charge in [-0.3, -0.25) is 9.59 Å². The molecule has 0 spiro atoms. The number of anilines is 2. The number of rotatable bonds is 10. The van der Waals surface area contributed by atoms with Crippen molar-refractivity contribution in [1.82, 2.24) is 15.5 Å². The van der Waals surface area contributed by atoms with E-state index in [9.17, 15) is 9.59 Å². The highest BCUT2D eigenvalue weighted by molar-refractivity contribution is 7.99. The molecule has 2 aromatic rings. The van der Waals surface area contributed by atoms with E-state index in [1.165, 1.54) is 11.8 Å². The van der Waals surface area contributed by atoms with Gasteiger partial charge < -0.3 is 20.3 Å². The van der Waals surface area contributed by atoms with Crippen molar-refractivity contribution >= 4 is 35.1 Å². The molecule has 1 aromatic carbocycles. The molecule has 3 rings (SSSR count). The quantitative estimate of drug-likeness (QED) is 0.528. The van der Waals surface area contributed by atoms with Crippen molar-refractivity contribution < 1.29 is 14.3 Å². The summed E-state index contributed by atoms with van der Waals surface area (Å²) >= 11 is 1.34. The van der Waals surface area contributed by atoms with Crippen LogP contribution < -0.4 is 20.3 Å². The van der Waals surface area contributed by atoms with Crippen LogP contribution in [0.3, 0.4) is 0 Å². The highest BCUT2D eigenvalue weighted by atomic mass is 32.2. The first-order valence-corrected chi connectivity index (χ1v) is 12.1. The Balaban J connectivity index is 1.46. The summed E-state index contributed by atoms with van der Waals surface area (Å²) in [6, 6.07) is 11.1. The van der Waals surface area contributed by atoms with Gasteiger partial charge in [0, 0.05) is 25.3 Å². The molecule has 2 N–H and O–H groups in total. The predicted octanol–water partition coefficient (Wildman–Crippen LogP) is 3.35. The second kappa shape index (κ2) is 12.3. The lowest BCUT2D eigenvalue weighted by molar-refractivity contribution is -0.125. The summed E-state index contributed by atoms with van der Waals surface area (Å²) in [6.45, 7) is 6.82. The van der Waals surface area contributed by atoms with Crippen LogP contribution in [-0.2, 0) is 9.59 Å². The van der Waals surface area contributed by atoms with Crippen molar-refractivity contribution in [2.24, 2.45) is 5.92 Å². The smallest absolute Gasteiger partial charge is 0.234 e. The molecule has 1 aliphatic rings. The van der Waals surface area contributed by atoms with E-state index < -0.39 is 0 Å². The Kier molecular flexibility index (Phi) is 9.15. The van der Waals surface area contributed by atoms with E-state index in [1.54, 1.807) is 0 Å². The fraction of sp³-hybridized carbons (Fsp3) is 0.478. The van der Waals surface area contributed by atoms with Crippen LogP contribution in [0.5, 0.6) is 5.75 Å². The number of nitrogens with zero attached hydrogens (tertiary/aromatic N) is 3. The van der Waals surface area contributed by atoms with Crippen molar-refractivity contribution in [1.29, 1.82) is 0 Å². The van der Waals surface area contributed by atoms with E-state index in [1.807, 2.05) is 50.2 Å². The zero-order chi connectivity index (χ0) is 22.8. The van der Waals surface area contributed by atoms with Gasteiger partial charge in [0.05, 0.1) is 18.3 Å². The van der Waals surface area contributed by atoms with Crippen LogP contribution in [0.2, 0.25) is 0 Å². The van der Waals surface area contributed by atoms with Crippen LogP contribution in [0.4, 0.5) is 11.5 Å². The maximum Gasteiger partial charge on any atom is 0.234 e. The summed E-state index contributed by atoms with van der Waals surface area (Å²) in [7, 11) is 0. The van der Waals surface area contributed by atoms with E-state index in [0.717, 1.165) is 43.1 Å². The van der Waals surface area contributed by atoms with Crippen LogP contribution in [0.1, 0.15) is 33.1 Å². The number of thioether (sulfide) groups is 1. The van der Waals surface area contributed by atoms with Crippen LogP contribution in [0.15, 0.2) is 41.4 Å². The lowest BCUT2D eigenvalue weighted by Crippen LogP contribution is -2.43. The Morgan fingerprint density at radius 2 is 1.97 bits per heavy atom. The Bertz CT molecular complexity index is 876. The summed E-state index contributed by atoms with van der Waals surface area (Å²) in [5, 5.41) is 15.1. The van der Waals surface area contributed by atoms with Crippen molar-refractivity contribution in [3.8, 4) is 5.75 Å². The van der Waals surface area contributed by atoms with E-state index in [4.69, 9.17) is 4.74 Å². The molecule has 0 radical (unpaired) electrons. The standard InChI is InChI=1S/C23H31N5O3S/c1-3-13-24-23(30)17-6-5-14-28(15-17)20-11-12-22(27-26-20)32-16-21(29)25-18-7-9-19(10-8-18)31-4-2/h7-12,17H,3-6,13-16H2,1-2H3,(H,24,30)(H,25,29)/t17-/m0/s1. The van der Waals surface area contributed by atoms with Crippen molar-refractivity contribution in [2.45, 2.75) is 38.1 Å². The van der Waals surface area contributed by atoms with Crippen molar-refractivity contribution in [3.63, 3.8) is 0 Å². The Morgan fingerprint density at radius 3 is 2.66 bits per heavy atom. The third-order valence-corrected chi connectivity index (χ3v) is 6.01. The van der Waals surface area contributed by atoms with Gasteiger partial charge in [-0.15, -0.1) is 10.2 Å². The molecule has 1 atom stereocenters. The number of hydrogen-bond acceptors (Lipinski definition) is 7. The average Bonchev–Trinajstić information content (AvgIpc) is 2.83. The molecule has 0 unspecified atom stereocenters. The normalized spacial score (nSPS) is 15.8. The van der Waals surface area contributed by atoms with E-state index in [2.05, 4.69) is 25.7 Å². The molecular weight excluding hydrogens is 426 g/mol. The Morgan fingerprint density at radius 1 is 1.16 bits per heavy atom. The summed E-state index contributed by atoms with van der Waals surface area (Å²) in [5.74, 6) is 1.78. The summed E-state index contributed by atoms with van der Waals surface area (Å²) < 4.78 is 5.40. The first-order chi connectivity index (χ1) is 15.6. The van der Waals surface area contributed by atoms with Crippen LogP contribution in [0, 0.1) is 5.92 Å². The van der Waals surface area contributed by atoms with Crippen molar-refractivity contribution in [3.05, 3.63) is 36.4 Å². The first-order valence-electron chi connectivity index (χ1n) is 11.1. The van der Waals surface area contributed by atoms with Gasteiger partial charge >= 0.3 is 0 Å². The number of benzene rings is 1. The predicted molar refractivity (Wildman–Crippen MR) is 127 cm³/mol. The van der Waals surface area contributed by atoms with Gasteiger partial charge in [-0.25, -0.2) is 0 Å². The number of amides is 2. The monoisotopic (exact) mass is 457 g/mol. The average molecular weight is 458 g/mol. The molecule has 1 aliphatic heterocycles. The third-order valence-electron chi connectivity index (χ3n) is 5.09. The van der Waals surface area contributed by atoms with Gasteiger partial charge in [-0.2, -0.15) is 0 Å². The number of carbonyl (C=O) groups is 2. The number of ether oxygens (including phenoxy) is 1. The molecule has 2 amide bonds. The van der Waals surface area contributed by atoms with Crippen LogP contribution >= 0.6 is 11.8 Å². The number of aromatic nitrogens is 2. The van der Waals surface area contributed by atoms with Gasteiger partial charge in [0.1, 0.15) is 10.8 Å². The maximum atomic E-state index is 12.3. The molecule has 172 valence electrons. The fourth-order valence-electron chi connectivity index (χ4n) is 3.49. The minimum Gasteiger partial charge on any atom is -0.494 e. The molecule has 1 aromatic heterocycles. The summed E-state index contributed by atoms with van der Waals surface area (Å²) in [6.07, 6.45) is 2.79. The van der Waals surface area contributed by atoms with Gasteiger partial charge in [-0.05, 0) is 62.6 Å². The Hall–Kier alpha value is -2.81. The molecule has 0 aliphatic carbocycles. The summed E-state index contributed by atoms with van der Waals surface area (Å²) in [4.78, 5) is 26.6. The van der Waals surface area contributed by atoms with E-state index >= 15 is 0 Å². The minimum atomic E-state index is -0.109. The highest BCUT2D eigenvalue weighted by Gasteiger charge is 2.26. The molecule has 8 nitrogen and oxygen atoms in total. The number of hydrogen-bond donors (Lipinski definition) is 2. The van der Waals surface area contributed by atoms with Gasteiger partial charge in [0.15, 0.2) is 5.82 Å². The fourth-order valence-corrected chi connectivity index (χ4v) is 4.10. The molecule has 9 heteroatoms. The highest BCUT2D eigenvalue weighted by Crippen LogP contribution is 2.23. The van der Waals surface area contributed by atoms with Crippen molar-refractivity contribution in [2.75, 3.05) is 42.2 Å². The number of nitrogens with one attached hydrogen (secondary N) is 2. The molecule has 2 heterocycles. The first kappa shape index (κ1) is 23.8. The molecule has 1 saturated heterocycles. The summed E-state index contributed by atoms with van der Waals surface area (Å²) in [5.41, 5.74) is 0.725. The number of carbonyl (C=O) groups excluding carboxylic acids is 2. The van der Waals surface area contributed by atoms with E-state index in [0.29, 0.717) is 24.7 Å². The largest absolute Gasteiger partial charge is 0.494 e. The SMILES string of the molecule is CCCNC(=O)[C@H]1CCCN(c2ccc(SCC(=O)Nc3ccc(OCC)cc3)nn2)C1. The second-order valence-electron chi connectivity index (χ2n) is 7.60. The lowest BCUT2D eigenvalue weighted by Gasteiger charge is -2.32. The van der Waals surface area contributed by atoms with Gasteiger partial charge in [0.2, 0.25) is 11.8 Å². The molecule has 1 fully saturated rings. The molecule has 0 bridgehead atoms. The molecular formula is C23H31N5O3S. The Labute approximate surface area is 193 Å². The minimum absolute atomic E-state index is 0.0163. The zero-order valence-corrected chi connectivity index (χ0v) is 19.5. The molecule has 32 heavy (non-hydrogen) atoms. The third kappa shape index (κ3) is 7.12. The zero-order valence-electron chi connectivity index (χ0n) is 18.7. The number of piperidine rings is 1. The van der Waals surface area contributed by atoms with E-state index in [-0.39, 0.29) is 23.5 Å². The maximum absolute atomic E-state index is 12.3. The molecule has 0 saturated carbocycles. The van der Waals surface area contributed by atoms with Gasteiger partial charge in [-0.1, -0.05) is 18.7 Å². The van der Waals surface area contributed by atoms with Crippen LogP contribution in [-0.4, -0.2) is 54.0 Å². The van der Waals surface area contributed by atoms with Gasteiger partial charge in [0.25, 0.3) is 0 Å². The second-order valence-corrected chi connectivity index (χ2v) is 8.60. The topological polar surface area (TPSA) is 96.5 Å². The lowest BCUT2D eigenvalue weighted by atomic mass is 9.97. The van der Waals surface area contributed by atoms with Crippen LogP contribution in [0.25, 0.3) is 0 Å².